The van der Waals surface area contributed by atoms with Crippen LogP contribution in [0.1, 0.15) is 105 Å². The maximum Gasteiger partial charge on any atom is 1.00 e. The number of hydrogen-bond acceptors (Lipinski definition) is 4. The Hall–Kier alpha value is 0.0500. The molecule has 1 heterocycles. The summed E-state index contributed by atoms with van der Waals surface area (Å²) in [4.78, 5) is 24.7. The number of imide groups is 1. The maximum absolute atomic E-state index is 12.4. The van der Waals surface area contributed by atoms with E-state index in [4.69, 9.17) is 0 Å². The molecule has 1 saturated heterocycles. The van der Waals surface area contributed by atoms with E-state index < -0.39 is 32.6 Å². The molecule has 1 aliphatic rings. The van der Waals surface area contributed by atoms with Crippen LogP contribution in [0.15, 0.2) is 0 Å². The van der Waals surface area contributed by atoms with Crippen molar-refractivity contribution in [2.45, 2.75) is 108 Å². The number of nitrogens with one attached hydrogen (secondary N) is 1. The third-order valence-corrected chi connectivity index (χ3v) is 7.30. The van der Waals surface area contributed by atoms with Crippen molar-refractivity contribution in [1.29, 1.82) is 0 Å². The van der Waals surface area contributed by atoms with Gasteiger partial charge in [0.25, 0.3) is 16.0 Å². The van der Waals surface area contributed by atoms with Gasteiger partial charge in [-0.2, -0.15) is 8.42 Å². The minimum Gasteiger partial charge on any atom is -1.00 e. The van der Waals surface area contributed by atoms with E-state index in [0.29, 0.717) is 19.3 Å². The van der Waals surface area contributed by atoms with Crippen molar-refractivity contribution in [3.8, 4) is 0 Å². The van der Waals surface area contributed by atoms with Crippen molar-refractivity contribution in [3.63, 3.8) is 0 Å². The fourth-order valence-corrected chi connectivity index (χ4v) is 5.32. The summed E-state index contributed by atoms with van der Waals surface area (Å²) in [5.74, 6) is -2.39. The van der Waals surface area contributed by atoms with Crippen molar-refractivity contribution < 1.29 is 53.5 Å². The normalized spacial score (nSPS) is 22.2. The van der Waals surface area contributed by atoms with Gasteiger partial charge in [-0.25, -0.2) is 0 Å². The first-order chi connectivity index (χ1) is 12.8. The van der Waals surface area contributed by atoms with E-state index in [1.54, 1.807) is 0 Å². The Morgan fingerprint density at radius 1 is 0.893 bits per heavy atom. The Bertz CT molecular complexity index is 587. The maximum atomic E-state index is 12.4. The van der Waals surface area contributed by atoms with Gasteiger partial charge in [-0.3, -0.25) is 19.5 Å². The molecule has 1 fully saturated rings. The minimum atomic E-state index is -4.68. The van der Waals surface area contributed by atoms with E-state index in [1.807, 2.05) is 0 Å². The molecule has 0 spiro atoms. The van der Waals surface area contributed by atoms with Crippen molar-refractivity contribution in [1.82, 2.24) is 5.32 Å². The molecule has 2 N–H and O–H groups in total. The van der Waals surface area contributed by atoms with Gasteiger partial charge in [-0.15, -0.1) is 0 Å². The van der Waals surface area contributed by atoms with E-state index >= 15 is 0 Å². The largest absolute Gasteiger partial charge is 1.00 e. The van der Waals surface area contributed by atoms with Crippen molar-refractivity contribution in [2.24, 2.45) is 5.92 Å². The smallest absolute Gasteiger partial charge is 1.00 e. The van der Waals surface area contributed by atoms with Gasteiger partial charge in [-0.05, 0) is 12.8 Å². The van der Waals surface area contributed by atoms with Crippen molar-refractivity contribution >= 4 is 21.9 Å². The van der Waals surface area contributed by atoms with Gasteiger partial charge in [0, 0.05) is 0 Å². The molecular formula is C20H38NNaO5S. The number of rotatable bonds is 15. The second-order valence-corrected chi connectivity index (χ2v) is 9.49. The van der Waals surface area contributed by atoms with Crippen LogP contribution in [0.5, 0.6) is 0 Å². The standard InChI is InChI=1S/C20H37NO5S.Na.H/c1-3-5-7-9-11-13-15-17-18(22)21-19(23)20(17,27(24,25)26)16-14-12-10-8-6-4-2;;/h17H,3-16H2,1-2H3,(H,21,22,23)(H,24,25,26);;/q;+1;-1. The van der Waals surface area contributed by atoms with Crippen molar-refractivity contribution in [2.75, 3.05) is 0 Å². The van der Waals surface area contributed by atoms with Crippen LogP contribution in [0.25, 0.3) is 0 Å². The molecule has 0 bridgehead atoms. The predicted octanol–water partition coefficient (Wildman–Crippen LogP) is 1.50. The number of amides is 2. The monoisotopic (exact) mass is 427 g/mol. The Labute approximate surface area is 194 Å². The first-order valence-corrected chi connectivity index (χ1v) is 12.1. The minimum absolute atomic E-state index is 0. The van der Waals surface area contributed by atoms with Gasteiger partial charge in [0.15, 0.2) is 4.75 Å². The van der Waals surface area contributed by atoms with Crippen LogP contribution in [-0.2, 0) is 19.7 Å². The van der Waals surface area contributed by atoms with Gasteiger partial charge in [0.1, 0.15) is 0 Å². The summed E-state index contributed by atoms with van der Waals surface area (Å²) in [6.45, 7) is 4.26. The SMILES string of the molecule is CCCCCCCCC1C(=O)NC(=O)C1(CCCCCCCC)S(=O)(=O)O.[H-].[Na+]. The number of hydrogen-bond donors (Lipinski definition) is 2. The van der Waals surface area contributed by atoms with Gasteiger partial charge >= 0.3 is 29.6 Å². The summed E-state index contributed by atoms with van der Waals surface area (Å²) in [5.41, 5.74) is 0. The van der Waals surface area contributed by atoms with Gasteiger partial charge in [0.05, 0.1) is 5.92 Å². The van der Waals surface area contributed by atoms with Crippen LogP contribution in [0.3, 0.4) is 0 Å². The Morgan fingerprint density at radius 3 is 1.86 bits per heavy atom. The molecular weight excluding hydrogens is 389 g/mol. The third kappa shape index (κ3) is 7.71. The number of carbonyl (C=O) groups excluding carboxylic acids is 2. The van der Waals surface area contributed by atoms with Crippen LogP contribution in [0, 0.1) is 5.92 Å². The zero-order chi connectivity index (χ0) is 20.3. The molecule has 2 atom stereocenters. The molecule has 6 nitrogen and oxygen atoms in total. The summed E-state index contributed by atoms with van der Waals surface area (Å²) in [6.07, 6.45) is 12.0. The molecule has 1 aliphatic heterocycles. The van der Waals surface area contributed by atoms with Gasteiger partial charge in [0.2, 0.25) is 5.91 Å². The van der Waals surface area contributed by atoms with Crippen LogP contribution in [0.2, 0.25) is 0 Å². The topological polar surface area (TPSA) is 101 Å². The molecule has 0 saturated carbocycles. The summed E-state index contributed by atoms with van der Waals surface area (Å²) in [7, 11) is -4.68. The predicted molar refractivity (Wildman–Crippen MR) is 108 cm³/mol. The average Bonchev–Trinajstić information content (AvgIpc) is 2.84. The third-order valence-electron chi connectivity index (χ3n) is 5.71. The molecule has 2 amide bonds. The van der Waals surface area contributed by atoms with E-state index in [0.717, 1.165) is 64.2 Å². The fourth-order valence-electron chi connectivity index (χ4n) is 4.05. The second-order valence-electron chi connectivity index (χ2n) is 7.81. The van der Waals surface area contributed by atoms with E-state index in [1.165, 1.54) is 0 Å². The molecule has 0 aromatic heterocycles. The van der Waals surface area contributed by atoms with E-state index in [-0.39, 0.29) is 37.4 Å². The van der Waals surface area contributed by atoms with Crippen molar-refractivity contribution in [3.05, 3.63) is 0 Å². The van der Waals surface area contributed by atoms with Crippen LogP contribution < -0.4 is 34.9 Å². The fraction of sp³-hybridized carbons (Fsp3) is 0.900. The summed E-state index contributed by atoms with van der Waals surface area (Å²) in [5, 5.41) is 2.17. The van der Waals surface area contributed by atoms with Crippen LogP contribution in [0.4, 0.5) is 0 Å². The summed E-state index contributed by atoms with van der Waals surface area (Å²) in [6, 6.07) is 0. The Morgan fingerprint density at radius 2 is 1.36 bits per heavy atom. The van der Waals surface area contributed by atoms with Gasteiger partial charge in [-0.1, -0.05) is 90.9 Å². The first kappa shape index (κ1) is 28.1. The molecule has 2 unspecified atom stereocenters. The molecule has 0 aromatic carbocycles. The molecule has 28 heavy (non-hydrogen) atoms. The zero-order valence-corrected chi connectivity index (χ0v) is 20.8. The van der Waals surface area contributed by atoms with Gasteiger partial charge < -0.3 is 1.43 Å². The van der Waals surface area contributed by atoms with Crippen LogP contribution >= 0.6 is 0 Å². The molecule has 8 heteroatoms. The van der Waals surface area contributed by atoms with E-state index in [2.05, 4.69) is 19.2 Å². The molecule has 0 aromatic rings. The zero-order valence-electron chi connectivity index (χ0n) is 19.0. The number of carbonyl (C=O) groups is 2. The second kappa shape index (κ2) is 14.1. The van der Waals surface area contributed by atoms with E-state index in [9.17, 15) is 22.6 Å². The molecule has 1 rings (SSSR count). The average molecular weight is 428 g/mol. The van der Waals surface area contributed by atoms with Crippen LogP contribution in [-0.4, -0.2) is 29.5 Å². The molecule has 160 valence electrons. The molecule has 0 aliphatic carbocycles. The Kier molecular flexibility index (Phi) is 14.1. The number of unbranched alkanes of at least 4 members (excludes halogenated alkanes) is 10. The summed E-state index contributed by atoms with van der Waals surface area (Å²) >= 11 is 0. The first-order valence-electron chi connectivity index (χ1n) is 10.6. The molecule has 0 radical (unpaired) electrons. The Balaban J connectivity index is 0. The summed E-state index contributed by atoms with van der Waals surface area (Å²) < 4.78 is 32.3. The quantitative estimate of drug-likeness (QED) is 0.179.